The van der Waals surface area contributed by atoms with Crippen LogP contribution in [0.5, 0.6) is 0 Å². The highest BCUT2D eigenvalue weighted by Gasteiger charge is 2.20. The maximum atomic E-state index is 12.4. The number of halogens is 1. The molecule has 0 N–H and O–H groups in total. The standard InChI is InChI=1S/C16H12ClN5OS/c1-10-7-19-16(24-10)22-12-3-2-6-21(14(12)20-15(22)23)9-11-4-5-13(17)18-8-11/h2-8H,9H2,1H3. The molecule has 0 saturated heterocycles. The SMILES string of the molecule is Cc1cnc(-n2c3cccn(Cc4ccc(Cl)nc4)c-3nc2=O)s1. The molecule has 8 heteroatoms. The molecule has 0 unspecified atom stereocenters. The second-order valence-corrected chi connectivity index (χ2v) is 6.92. The molecule has 2 aromatic heterocycles. The van der Waals surface area contributed by atoms with Crippen LogP contribution in [0.4, 0.5) is 0 Å². The molecule has 0 aromatic carbocycles. The van der Waals surface area contributed by atoms with E-state index in [9.17, 15) is 4.79 Å². The number of pyridine rings is 2. The summed E-state index contributed by atoms with van der Waals surface area (Å²) in [5.41, 5.74) is 1.39. The molecule has 0 saturated carbocycles. The molecular formula is C16H12ClN5OS. The Balaban J connectivity index is 1.78. The van der Waals surface area contributed by atoms with Crippen LogP contribution in [0.3, 0.4) is 0 Å². The number of nitrogens with zero attached hydrogens (tertiary/aromatic N) is 5. The van der Waals surface area contributed by atoms with Crippen molar-refractivity contribution >= 4 is 22.9 Å². The van der Waals surface area contributed by atoms with E-state index < -0.39 is 0 Å². The Morgan fingerprint density at radius 3 is 2.79 bits per heavy atom. The first-order valence-electron chi connectivity index (χ1n) is 7.23. The van der Waals surface area contributed by atoms with Gasteiger partial charge in [0, 0.05) is 23.5 Å². The lowest BCUT2D eigenvalue weighted by Gasteiger charge is -2.11. The molecule has 0 bridgehead atoms. The topological polar surface area (TPSA) is 65.6 Å². The zero-order valence-corrected chi connectivity index (χ0v) is 14.3. The summed E-state index contributed by atoms with van der Waals surface area (Å²) in [5.74, 6) is 0.616. The van der Waals surface area contributed by atoms with Crippen LogP contribution in [0, 0.1) is 6.92 Å². The second kappa shape index (κ2) is 5.85. The van der Waals surface area contributed by atoms with Crippen molar-refractivity contribution in [2.45, 2.75) is 13.5 Å². The Kier molecular flexibility index (Phi) is 3.66. The highest BCUT2D eigenvalue weighted by molar-refractivity contribution is 7.14. The quantitative estimate of drug-likeness (QED) is 0.529. The number of hydrogen-bond acceptors (Lipinski definition) is 5. The monoisotopic (exact) mass is 357 g/mol. The van der Waals surface area contributed by atoms with E-state index in [1.807, 2.05) is 35.9 Å². The van der Waals surface area contributed by atoms with Crippen molar-refractivity contribution in [3.05, 3.63) is 68.9 Å². The summed E-state index contributed by atoms with van der Waals surface area (Å²) < 4.78 is 3.46. The number of fused-ring (bicyclic) bond motifs is 1. The average molecular weight is 358 g/mol. The first-order valence-corrected chi connectivity index (χ1v) is 8.42. The van der Waals surface area contributed by atoms with E-state index in [0.29, 0.717) is 22.7 Å². The molecule has 2 aromatic rings. The highest BCUT2D eigenvalue weighted by Crippen LogP contribution is 2.24. The summed E-state index contributed by atoms with van der Waals surface area (Å²) in [5, 5.41) is 1.08. The molecule has 6 nitrogen and oxygen atoms in total. The maximum absolute atomic E-state index is 12.4. The van der Waals surface area contributed by atoms with Crippen molar-refractivity contribution in [2.24, 2.45) is 0 Å². The first kappa shape index (κ1) is 15.0. The largest absolute Gasteiger partial charge is 0.356 e. The fourth-order valence-corrected chi connectivity index (χ4v) is 3.40. The maximum Gasteiger partial charge on any atom is 0.356 e. The van der Waals surface area contributed by atoms with Crippen molar-refractivity contribution in [2.75, 3.05) is 0 Å². The third-order valence-electron chi connectivity index (χ3n) is 3.60. The van der Waals surface area contributed by atoms with Crippen LogP contribution in [-0.2, 0) is 6.54 Å². The summed E-state index contributed by atoms with van der Waals surface area (Å²) in [6.45, 7) is 2.51. The van der Waals surface area contributed by atoms with E-state index in [-0.39, 0.29) is 5.69 Å². The van der Waals surface area contributed by atoms with Crippen molar-refractivity contribution in [3.8, 4) is 16.6 Å². The van der Waals surface area contributed by atoms with E-state index in [2.05, 4.69) is 15.0 Å². The molecule has 24 heavy (non-hydrogen) atoms. The predicted octanol–water partition coefficient (Wildman–Crippen LogP) is 3.00. The van der Waals surface area contributed by atoms with E-state index >= 15 is 0 Å². The lowest BCUT2D eigenvalue weighted by atomic mass is 10.2. The third kappa shape index (κ3) is 2.61. The summed E-state index contributed by atoms with van der Waals surface area (Å²) >= 11 is 7.29. The van der Waals surface area contributed by atoms with Gasteiger partial charge in [0.15, 0.2) is 11.0 Å². The molecule has 2 aliphatic rings. The molecule has 0 radical (unpaired) electrons. The third-order valence-corrected chi connectivity index (χ3v) is 4.72. The number of aromatic nitrogens is 5. The minimum absolute atomic E-state index is 0.325. The molecule has 0 amide bonds. The van der Waals surface area contributed by atoms with Crippen molar-refractivity contribution in [1.82, 2.24) is 24.1 Å². The normalized spacial score (nSPS) is 11.2. The predicted molar refractivity (Wildman–Crippen MR) is 93.2 cm³/mol. The second-order valence-electron chi connectivity index (χ2n) is 5.32. The molecule has 4 heterocycles. The van der Waals surface area contributed by atoms with Crippen LogP contribution in [0.2, 0.25) is 5.15 Å². The number of thiazole rings is 1. The Labute approximate surface area is 146 Å². The van der Waals surface area contributed by atoms with Gasteiger partial charge in [-0.3, -0.25) is 0 Å². The average Bonchev–Trinajstić information content (AvgIpc) is 3.12. The molecule has 120 valence electrons. The van der Waals surface area contributed by atoms with Crippen LogP contribution in [-0.4, -0.2) is 24.1 Å². The summed E-state index contributed by atoms with van der Waals surface area (Å²) in [6, 6.07) is 7.41. The van der Waals surface area contributed by atoms with Gasteiger partial charge in [0.25, 0.3) is 0 Å². The van der Waals surface area contributed by atoms with Gasteiger partial charge in [-0.15, -0.1) is 11.3 Å². The van der Waals surface area contributed by atoms with Crippen LogP contribution >= 0.6 is 22.9 Å². The van der Waals surface area contributed by atoms with Crippen LogP contribution in [0.1, 0.15) is 10.4 Å². The van der Waals surface area contributed by atoms with Crippen molar-refractivity contribution in [1.29, 1.82) is 0 Å². The number of hydrogen-bond donors (Lipinski definition) is 0. The van der Waals surface area contributed by atoms with Gasteiger partial charge in [0.05, 0.1) is 12.2 Å². The van der Waals surface area contributed by atoms with Gasteiger partial charge in [-0.25, -0.2) is 19.3 Å². The zero-order chi connectivity index (χ0) is 16.7. The number of imidazole rings is 1. The van der Waals surface area contributed by atoms with E-state index in [0.717, 1.165) is 16.1 Å². The Morgan fingerprint density at radius 2 is 2.08 bits per heavy atom. The minimum atomic E-state index is -0.325. The molecule has 0 aliphatic carbocycles. The molecule has 0 fully saturated rings. The first-order chi connectivity index (χ1) is 11.6. The lowest BCUT2D eigenvalue weighted by Crippen LogP contribution is -2.14. The van der Waals surface area contributed by atoms with Crippen LogP contribution in [0.25, 0.3) is 16.6 Å². The van der Waals surface area contributed by atoms with Gasteiger partial charge in [0.2, 0.25) is 0 Å². The summed E-state index contributed by atoms with van der Waals surface area (Å²) in [4.78, 5) is 26.0. The Bertz CT molecular complexity index is 1030. The smallest absolute Gasteiger partial charge is 0.327 e. The molecule has 2 aliphatic heterocycles. The van der Waals surface area contributed by atoms with Crippen LogP contribution in [0.15, 0.2) is 47.7 Å². The highest BCUT2D eigenvalue weighted by atomic mass is 35.5. The van der Waals surface area contributed by atoms with Gasteiger partial charge in [0.1, 0.15) is 5.15 Å². The van der Waals surface area contributed by atoms with Gasteiger partial charge in [-0.1, -0.05) is 17.7 Å². The van der Waals surface area contributed by atoms with E-state index in [1.54, 1.807) is 23.0 Å². The molecule has 4 rings (SSSR count). The van der Waals surface area contributed by atoms with Gasteiger partial charge < -0.3 is 4.57 Å². The van der Waals surface area contributed by atoms with Crippen LogP contribution < -0.4 is 5.69 Å². The summed E-state index contributed by atoms with van der Waals surface area (Å²) in [7, 11) is 0. The Hall–Kier alpha value is -2.51. The van der Waals surface area contributed by atoms with Gasteiger partial charge in [-0.2, -0.15) is 4.98 Å². The van der Waals surface area contributed by atoms with Gasteiger partial charge in [-0.05, 0) is 30.7 Å². The molecular weight excluding hydrogens is 346 g/mol. The summed E-state index contributed by atoms with van der Waals surface area (Å²) in [6.07, 6.45) is 5.36. The number of aryl methyl sites for hydroxylation is 1. The molecule has 0 atom stereocenters. The van der Waals surface area contributed by atoms with E-state index in [1.165, 1.54) is 11.3 Å². The van der Waals surface area contributed by atoms with Crippen molar-refractivity contribution in [3.63, 3.8) is 0 Å². The van der Waals surface area contributed by atoms with Gasteiger partial charge >= 0.3 is 5.69 Å². The fourth-order valence-electron chi connectivity index (χ4n) is 2.53. The minimum Gasteiger partial charge on any atom is -0.327 e. The fraction of sp³-hybridized carbons (Fsp3) is 0.125. The number of rotatable bonds is 3. The Morgan fingerprint density at radius 1 is 1.21 bits per heavy atom. The van der Waals surface area contributed by atoms with E-state index in [4.69, 9.17) is 11.6 Å². The lowest BCUT2D eigenvalue weighted by molar-refractivity contribution is 0.779. The molecule has 0 spiro atoms. The zero-order valence-electron chi connectivity index (χ0n) is 12.7. The van der Waals surface area contributed by atoms with Crippen molar-refractivity contribution < 1.29 is 0 Å².